The van der Waals surface area contributed by atoms with Crippen LogP contribution in [0.1, 0.15) is 67.3 Å². The van der Waals surface area contributed by atoms with Crippen LogP contribution >= 0.6 is 11.3 Å². The molecular weight excluding hydrogens is 456 g/mol. The minimum atomic E-state index is -0.631. The summed E-state index contributed by atoms with van der Waals surface area (Å²) in [6.45, 7) is 6.48. The van der Waals surface area contributed by atoms with Crippen molar-refractivity contribution in [3.63, 3.8) is 0 Å². The first-order valence-electron chi connectivity index (χ1n) is 11.8. The molecule has 0 saturated carbocycles. The van der Waals surface area contributed by atoms with Gasteiger partial charge in [0, 0.05) is 18.0 Å². The minimum Gasteiger partial charge on any atom is -0.383 e. The lowest BCUT2D eigenvalue weighted by atomic mass is 9.95. The van der Waals surface area contributed by atoms with Gasteiger partial charge in [-0.2, -0.15) is 0 Å². The van der Waals surface area contributed by atoms with Crippen molar-refractivity contribution in [3.05, 3.63) is 36.8 Å². The number of aryl methyl sites for hydroxylation is 1. The maximum absolute atomic E-state index is 13.1. The molecule has 6 N–H and O–H groups in total. The fourth-order valence-electron chi connectivity index (χ4n) is 4.35. The lowest BCUT2D eigenvalue weighted by Gasteiger charge is -2.27. The second-order valence-corrected chi connectivity index (χ2v) is 10.2. The number of amides is 2. The molecule has 34 heavy (non-hydrogen) atoms. The van der Waals surface area contributed by atoms with Gasteiger partial charge in [0.25, 0.3) is 11.5 Å². The number of fused-ring (bicyclic) bond motifs is 1. The molecule has 0 atom stereocenters. The van der Waals surface area contributed by atoms with Crippen LogP contribution in [0, 0.1) is 5.92 Å². The molecule has 0 radical (unpaired) electrons. The number of hydrogen-bond donors (Lipinski definition) is 4. The third-order valence-corrected chi connectivity index (χ3v) is 7.06. The molecule has 1 aliphatic rings. The van der Waals surface area contributed by atoms with Gasteiger partial charge in [-0.05, 0) is 43.6 Å². The third-order valence-electron chi connectivity index (χ3n) is 5.86. The third kappa shape index (κ3) is 5.52. The zero-order valence-electron chi connectivity index (χ0n) is 20.0. The monoisotopic (exact) mass is 490 g/mol. The van der Waals surface area contributed by atoms with Crippen LogP contribution in [0.25, 0.3) is 0 Å². The van der Waals surface area contributed by atoms with Gasteiger partial charge in [0.2, 0.25) is 5.91 Å². The molecule has 11 heteroatoms. The molecule has 2 heterocycles. The highest BCUT2D eigenvalue weighted by Crippen LogP contribution is 2.37. The van der Waals surface area contributed by atoms with E-state index in [1.165, 1.54) is 15.9 Å². The molecule has 3 rings (SSSR count). The smallest absolute Gasteiger partial charge is 0.330 e. The Morgan fingerprint density at radius 1 is 1.24 bits per heavy atom. The van der Waals surface area contributed by atoms with E-state index < -0.39 is 23.1 Å². The molecular formula is C23H34N6O4S. The first-order valence-corrected chi connectivity index (χ1v) is 12.6. The molecule has 0 aromatic carbocycles. The quantitative estimate of drug-likeness (QED) is 0.399. The molecule has 0 unspecified atom stereocenters. The van der Waals surface area contributed by atoms with Crippen molar-refractivity contribution in [1.29, 1.82) is 0 Å². The van der Waals surface area contributed by atoms with Crippen LogP contribution in [0.5, 0.6) is 0 Å². The van der Waals surface area contributed by atoms with E-state index in [4.69, 9.17) is 11.5 Å². The Balaban J connectivity index is 1.92. The summed E-state index contributed by atoms with van der Waals surface area (Å²) >= 11 is 1.39. The fourth-order valence-corrected chi connectivity index (χ4v) is 5.66. The Morgan fingerprint density at radius 2 is 1.94 bits per heavy atom. The van der Waals surface area contributed by atoms with Crippen molar-refractivity contribution < 1.29 is 9.59 Å². The van der Waals surface area contributed by atoms with Crippen LogP contribution in [-0.4, -0.2) is 34.5 Å². The molecule has 0 bridgehead atoms. The van der Waals surface area contributed by atoms with Crippen LogP contribution in [0.3, 0.4) is 0 Å². The van der Waals surface area contributed by atoms with E-state index in [0.717, 1.165) is 49.0 Å². The van der Waals surface area contributed by atoms with Crippen LogP contribution in [0.2, 0.25) is 0 Å². The normalized spacial score (nSPS) is 13.1. The second kappa shape index (κ2) is 10.9. The van der Waals surface area contributed by atoms with Crippen LogP contribution in [0.15, 0.2) is 9.59 Å². The van der Waals surface area contributed by atoms with Crippen LogP contribution in [0.4, 0.5) is 16.5 Å². The van der Waals surface area contributed by atoms with Gasteiger partial charge < -0.3 is 21.7 Å². The summed E-state index contributed by atoms with van der Waals surface area (Å²) in [6.07, 6.45) is 5.22. The summed E-state index contributed by atoms with van der Waals surface area (Å²) in [5.74, 6) is -0.804. The molecule has 1 aliphatic carbocycles. The SMILES string of the molecule is CCCCn1c(N)c(N(CC(=O)Nc2sc3c(c2C(N)=O)CCCC3)CC(C)C)c(=O)[nH]c1=O. The number of thiophene rings is 1. The van der Waals surface area contributed by atoms with E-state index >= 15 is 0 Å². The Bertz CT molecular complexity index is 1180. The maximum Gasteiger partial charge on any atom is 0.330 e. The minimum absolute atomic E-state index is 0.0417. The average Bonchev–Trinajstić information content (AvgIpc) is 3.10. The topological polar surface area (TPSA) is 156 Å². The maximum atomic E-state index is 13.1. The number of nitrogen functional groups attached to an aromatic ring is 1. The zero-order valence-corrected chi connectivity index (χ0v) is 20.8. The number of nitrogens with zero attached hydrogens (tertiary/aromatic N) is 2. The summed E-state index contributed by atoms with van der Waals surface area (Å²) in [6, 6.07) is 0. The lowest BCUT2D eigenvalue weighted by molar-refractivity contribution is -0.115. The van der Waals surface area contributed by atoms with E-state index in [9.17, 15) is 19.2 Å². The number of aromatic nitrogens is 2. The van der Waals surface area contributed by atoms with Gasteiger partial charge >= 0.3 is 5.69 Å². The number of carbonyl (C=O) groups excluding carboxylic acids is 2. The molecule has 0 saturated heterocycles. The Labute approximate surface area is 202 Å². The molecule has 0 fully saturated rings. The van der Waals surface area contributed by atoms with Gasteiger partial charge in [0.1, 0.15) is 16.5 Å². The van der Waals surface area contributed by atoms with Gasteiger partial charge in [-0.3, -0.25) is 23.9 Å². The van der Waals surface area contributed by atoms with E-state index in [-0.39, 0.29) is 24.0 Å². The molecule has 0 spiro atoms. The highest BCUT2D eigenvalue weighted by molar-refractivity contribution is 7.17. The predicted molar refractivity (Wildman–Crippen MR) is 136 cm³/mol. The molecule has 2 aromatic rings. The van der Waals surface area contributed by atoms with E-state index in [0.29, 0.717) is 23.7 Å². The predicted octanol–water partition coefficient (Wildman–Crippen LogP) is 2.06. The van der Waals surface area contributed by atoms with Crippen molar-refractivity contribution in [3.8, 4) is 0 Å². The molecule has 2 amide bonds. The molecule has 0 aliphatic heterocycles. The van der Waals surface area contributed by atoms with E-state index in [1.807, 2.05) is 20.8 Å². The van der Waals surface area contributed by atoms with Gasteiger partial charge in [-0.1, -0.05) is 27.2 Å². The standard InChI is InChI=1S/C23H34N6O4S/c1-4-5-10-29-19(24)18(21(32)27-23(29)33)28(11-13(2)3)12-16(30)26-22-17(20(25)31)14-8-6-7-9-15(14)34-22/h13H,4-12,24H2,1-3H3,(H2,25,31)(H,26,30)(H,27,32,33). The van der Waals surface area contributed by atoms with Crippen molar-refractivity contribution in [2.45, 2.75) is 65.8 Å². The lowest BCUT2D eigenvalue weighted by Crippen LogP contribution is -2.43. The first-order chi connectivity index (χ1) is 16.1. The number of unbranched alkanes of at least 4 members (excludes halogenated alkanes) is 1. The highest BCUT2D eigenvalue weighted by Gasteiger charge is 2.27. The molecule has 186 valence electrons. The summed E-state index contributed by atoms with van der Waals surface area (Å²) in [7, 11) is 0. The van der Waals surface area contributed by atoms with Crippen LogP contribution < -0.4 is 32.9 Å². The highest BCUT2D eigenvalue weighted by atomic mass is 32.1. The average molecular weight is 491 g/mol. The number of rotatable bonds is 10. The van der Waals surface area contributed by atoms with E-state index in [1.54, 1.807) is 4.90 Å². The number of primary amides is 1. The number of hydrogen-bond acceptors (Lipinski definition) is 7. The Kier molecular flexibility index (Phi) is 8.19. The number of nitrogens with one attached hydrogen (secondary N) is 2. The van der Waals surface area contributed by atoms with Gasteiger partial charge in [0.15, 0.2) is 0 Å². The fraction of sp³-hybridized carbons (Fsp3) is 0.565. The molecule has 10 nitrogen and oxygen atoms in total. The van der Waals surface area contributed by atoms with Crippen LogP contribution in [-0.2, 0) is 24.2 Å². The van der Waals surface area contributed by atoms with Gasteiger partial charge in [-0.25, -0.2) is 4.79 Å². The number of carbonyl (C=O) groups is 2. The zero-order chi connectivity index (χ0) is 25.0. The summed E-state index contributed by atoms with van der Waals surface area (Å²) in [5.41, 5.74) is 12.1. The second-order valence-electron chi connectivity index (χ2n) is 9.10. The van der Waals surface area contributed by atoms with E-state index in [2.05, 4.69) is 10.3 Å². The van der Waals surface area contributed by atoms with Crippen molar-refractivity contribution in [1.82, 2.24) is 9.55 Å². The molecule has 2 aromatic heterocycles. The Morgan fingerprint density at radius 3 is 2.59 bits per heavy atom. The number of anilines is 3. The largest absolute Gasteiger partial charge is 0.383 e. The summed E-state index contributed by atoms with van der Waals surface area (Å²) in [4.78, 5) is 55.3. The van der Waals surface area contributed by atoms with Gasteiger partial charge in [-0.15, -0.1) is 11.3 Å². The first kappa shape index (κ1) is 25.5. The summed E-state index contributed by atoms with van der Waals surface area (Å²) < 4.78 is 1.34. The summed E-state index contributed by atoms with van der Waals surface area (Å²) in [5, 5.41) is 3.29. The number of H-pyrrole nitrogens is 1. The van der Waals surface area contributed by atoms with Crippen molar-refractivity contribution >= 4 is 39.7 Å². The number of nitrogens with two attached hydrogens (primary N) is 2. The van der Waals surface area contributed by atoms with Gasteiger partial charge in [0.05, 0.1) is 12.1 Å². The van der Waals surface area contributed by atoms with Crippen molar-refractivity contribution in [2.75, 3.05) is 29.0 Å². The number of aromatic amines is 1. The van der Waals surface area contributed by atoms with Crippen molar-refractivity contribution in [2.24, 2.45) is 11.7 Å². The Hall–Kier alpha value is -3.08.